The summed E-state index contributed by atoms with van der Waals surface area (Å²) in [6, 6.07) is 0. The van der Waals surface area contributed by atoms with E-state index in [9.17, 15) is 12.8 Å². The van der Waals surface area contributed by atoms with E-state index in [2.05, 4.69) is 20.1 Å². The molecule has 1 aliphatic heterocycles. The van der Waals surface area contributed by atoms with Gasteiger partial charge in [0.25, 0.3) is 14.2 Å². The monoisotopic (exact) mass is 268 g/mol. The minimum Gasteiger partial charge on any atom is -0.317 e. The molecule has 1 aromatic heterocycles. The Bertz CT molecular complexity index is 556. The quantitative estimate of drug-likeness (QED) is 0.598. The van der Waals surface area contributed by atoms with Crippen LogP contribution in [0.25, 0.3) is 6.08 Å². The molecule has 88 valence electrons. The van der Waals surface area contributed by atoms with Crippen molar-refractivity contribution in [1.29, 1.82) is 0 Å². The molecule has 2 heterocycles. The molecular formula is C6H6ClFN4O3S. The van der Waals surface area contributed by atoms with Crippen LogP contribution in [0, 0.1) is 0 Å². The molecule has 16 heavy (non-hydrogen) atoms. The molecule has 0 spiro atoms. The van der Waals surface area contributed by atoms with E-state index < -0.39 is 20.3 Å². The summed E-state index contributed by atoms with van der Waals surface area (Å²) in [5.74, 6) is -0.0256. The first-order valence-corrected chi connectivity index (χ1v) is 6.28. The van der Waals surface area contributed by atoms with Crippen molar-refractivity contribution in [3.63, 3.8) is 0 Å². The van der Waals surface area contributed by atoms with Gasteiger partial charge in [-0.3, -0.25) is 0 Å². The number of nitrogens with one attached hydrogen (secondary N) is 1. The molecular weight excluding hydrogens is 263 g/mol. The van der Waals surface area contributed by atoms with E-state index in [0.717, 1.165) is 7.11 Å². The minimum absolute atomic E-state index is 0.0256. The van der Waals surface area contributed by atoms with Gasteiger partial charge in [0, 0.05) is 24.0 Å². The summed E-state index contributed by atoms with van der Waals surface area (Å²) in [7, 11) is 2.02. The lowest BCUT2D eigenvalue weighted by atomic mass is 10.5. The van der Waals surface area contributed by atoms with Gasteiger partial charge in [0.15, 0.2) is 5.82 Å². The Kier molecular flexibility index (Phi) is 2.40. The van der Waals surface area contributed by atoms with Gasteiger partial charge >= 0.3 is 6.10 Å². The van der Waals surface area contributed by atoms with E-state index in [1.54, 1.807) is 0 Å². The zero-order valence-electron chi connectivity index (χ0n) is 7.89. The molecule has 0 saturated heterocycles. The number of fused-ring (bicyclic) bond motifs is 1. The van der Waals surface area contributed by atoms with Crippen LogP contribution in [0.5, 0.6) is 0 Å². The average molecular weight is 269 g/mol. The molecule has 1 aliphatic rings. The Balaban J connectivity index is 2.60. The van der Waals surface area contributed by atoms with Crippen molar-refractivity contribution in [2.45, 2.75) is 11.3 Å². The normalized spacial score (nSPS) is 23.9. The maximum Gasteiger partial charge on any atom is 0.396 e. The Morgan fingerprint density at radius 1 is 1.69 bits per heavy atom. The first-order valence-electron chi connectivity index (χ1n) is 3.97. The van der Waals surface area contributed by atoms with Gasteiger partial charge in [-0.1, -0.05) is 0 Å². The fourth-order valence-corrected chi connectivity index (χ4v) is 1.73. The van der Waals surface area contributed by atoms with Crippen LogP contribution in [0.4, 0.5) is 4.39 Å². The molecule has 2 rings (SSSR count). The zero-order valence-corrected chi connectivity index (χ0v) is 9.46. The number of hydrogen-bond acceptors (Lipinski definition) is 6. The van der Waals surface area contributed by atoms with Crippen LogP contribution >= 0.6 is 10.7 Å². The Hall–Kier alpha value is -1.19. The molecule has 0 aromatic carbocycles. The number of alkyl halides is 1. The molecule has 7 nitrogen and oxygen atoms in total. The molecule has 10 heteroatoms. The Morgan fingerprint density at radius 3 is 2.94 bits per heavy atom. The lowest BCUT2D eigenvalue weighted by Crippen LogP contribution is -2.45. The maximum absolute atomic E-state index is 13.9. The molecule has 1 aromatic rings. The number of halogens is 2. The third-order valence-corrected chi connectivity index (χ3v) is 2.89. The molecule has 0 bridgehead atoms. The van der Waals surface area contributed by atoms with Gasteiger partial charge < -0.3 is 10.1 Å². The van der Waals surface area contributed by atoms with Crippen LogP contribution < -0.4 is 5.32 Å². The Morgan fingerprint density at radius 2 is 2.38 bits per heavy atom. The lowest BCUT2D eigenvalue weighted by molar-refractivity contribution is -0.215. The van der Waals surface area contributed by atoms with Gasteiger partial charge in [-0.05, 0) is 6.08 Å². The van der Waals surface area contributed by atoms with E-state index in [-0.39, 0.29) is 5.82 Å². The number of rotatable bonds is 2. The highest BCUT2D eigenvalue weighted by Crippen LogP contribution is 2.23. The predicted octanol–water partition coefficient (Wildman–Crippen LogP) is -0.0368. The second-order valence-corrected chi connectivity index (χ2v) is 5.31. The van der Waals surface area contributed by atoms with Gasteiger partial charge in [-0.2, -0.15) is 14.1 Å². The molecule has 1 atom stereocenters. The van der Waals surface area contributed by atoms with E-state index in [0.29, 0.717) is 4.68 Å². The van der Waals surface area contributed by atoms with Crippen molar-refractivity contribution < 1.29 is 17.5 Å². The summed E-state index contributed by atoms with van der Waals surface area (Å²) in [6.45, 7) is 0. The number of nitrogens with zero attached hydrogens (tertiary/aromatic N) is 3. The van der Waals surface area contributed by atoms with Crippen molar-refractivity contribution >= 4 is 25.8 Å². The van der Waals surface area contributed by atoms with E-state index in [1.165, 1.54) is 12.3 Å². The van der Waals surface area contributed by atoms with E-state index in [4.69, 9.17) is 10.7 Å². The van der Waals surface area contributed by atoms with Crippen LogP contribution in [0.1, 0.15) is 5.82 Å². The highest BCUT2D eigenvalue weighted by Gasteiger charge is 2.38. The van der Waals surface area contributed by atoms with Gasteiger partial charge in [0.1, 0.15) is 0 Å². The number of hydrogen-bond donors (Lipinski definition) is 1. The predicted molar refractivity (Wildman–Crippen MR) is 51.3 cm³/mol. The van der Waals surface area contributed by atoms with Gasteiger partial charge in [-0.15, -0.1) is 5.10 Å². The van der Waals surface area contributed by atoms with Crippen LogP contribution in [-0.2, 0) is 19.9 Å². The van der Waals surface area contributed by atoms with E-state index in [1.807, 2.05) is 0 Å². The second kappa shape index (κ2) is 3.40. The summed E-state index contributed by atoms with van der Waals surface area (Å²) in [6.07, 6.45) is 0.0739. The highest BCUT2D eigenvalue weighted by atomic mass is 35.7. The van der Waals surface area contributed by atoms with Crippen LogP contribution in [0.2, 0.25) is 0 Å². The molecule has 0 saturated carbocycles. The first-order chi connectivity index (χ1) is 7.37. The second-order valence-electron chi connectivity index (χ2n) is 2.85. The smallest absolute Gasteiger partial charge is 0.317 e. The molecule has 1 unspecified atom stereocenters. The van der Waals surface area contributed by atoms with Crippen LogP contribution in [0.3, 0.4) is 0 Å². The molecule has 0 fully saturated rings. The third-order valence-electron chi connectivity index (χ3n) is 1.87. The summed E-state index contributed by atoms with van der Waals surface area (Å²) in [5.41, 5.74) is 0. The van der Waals surface area contributed by atoms with Gasteiger partial charge in [0.05, 0.1) is 0 Å². The third kappa shape index (κ3) is 1.66. The largest absolute Gasteiger partial charge is 0.396 e. The van der Waals surface area contributed by atoms with Crippen molar-refractivity contribution in [3.8, 4) is 0 Å². The molecule has 0 radical (unpaired) electrons. The van der Waals surface area contributed by atoms with Crippen molar-refractivity contribution in [2.24, 2.45) is 0 Å². The van der Waals surface area contributed by atoms with Crippen molar-refractivity contribution in [3.05, 3.63) is 12.0 Å². The molecule has 1 N–H and O–H groups in total. The van der Waals surface area contributed by atoms with Crippen LogP contribution in [-0.4, -0.2) is 30.3 Å². The maximum atomic E-state index is 13.9. The van der Waals surface area contributed by atoms with Gasteiger partial charge in [-0.25, -0.2) is 8.42 Å². The Labute approximate surface area is 94.3 Å². The fraction of sp³-hybridized carbons (Fsp3) is 0.333. The SMILES string of the molecule is COC1(F)NC=Cc2nc(S(=O)(=O)Cl)nn21. The molecule has 0 amide bonds. The zero-order chi connectivity index (χ0) is 12.0. The summed E-state index contributed by atoms with van der Waals surface area (Å²) in [4.78, 5) is 3.55. The molecule has 0 aliphatic carbocycles. The van der Waals surface area contributed by atoms with E-state index >= 15 is 0 Å². The van der Waals surface area contributed by atoms with Crippen molar-refractivity contribution in [1.82, 2.24) is 20.1 Å². The van der Waals surface area contributed by atoms with Crippen LogP contribution in [0.15, 0.2) is 11.4 Å². The fourth-order valence-electron chi connectivity index (χ4n) is 1.15. The summed E-state index contributed by atoms with van der Waals surface area (Å²) in [5, 5.41) is 4.95. The number of methoxy groups -OCH3 is 1. The van der Waals surface area contributed by atoms with Crippen molar-refractivity contribution in [2.75, 3.05) is 7.11 Å². The summed E-state index contributed by atoms with van der Waals surface area (Å²) >= 11 is 0. The lowest BCUT2D eigenvalue weighted by Gasteiger charge is -2.26. The summed E-state index contributed by atoms with van der Waals surface area (Å²) < 4.78 is 41.0. The highest BCUT2D eigenvalue weighted by molar-refractivity contribution is 8.13. The average Bonchev–Trinajstić information content (AvgIpc) is 2.63. The first kappa shape index (κ1) is 11.3. The number of aromatic nitrogens is 3. The van der Waals surface area contributed by atoms with Gasteiger partial charge in [0.2, 0.25) is 0 Å². The number of ether oxygens (including phenoxy) is 1. The topological polar surface area (TPSA) is 86.1 Å². The standard InChI is InChI=1S/C6H6ClFN4O3S/c1-15-6(8)9-3-2-4-10-5(11-12(4)6)16(7,13)14/h2-3,9H,1H3. The minimum atomic E-state index is -4.11.